The summed E-state index contributed by atoms with van der Waals surface area (Å²) in [5, 5.41) is 10.6. The number of phosphoric acid groups is 2. The third-order valence-electron chi connectivity index (χ3n) is 18.8. The average Bonchev–Trinajstić information content (AvgIpc) is 1.09. The van der Waals surface area contributed by atoms with Crippen LogP contribution < -0.4 is 0 Å². The second-order valence-electron chi connectivity index (χ2n) is 29.3. The lowest BCUT2D eigenvalue weighted by Gasteiger charge is -2.21. The molecule has 0 aliphatic heterocycles. The minimum atomic E-state index is -4.96. The van der Waals surface area contributed by atoms with Crippen molar-refractivity contribution in [1.82, 2.24) is 0 Å². The Morgan fingerprint density at radius 2 is 0.465 bits per heavy atom. The Morgan fingerprint density at radius 3 is 0.687 bits per heavy atom. The average molecular weight is 1450 g/mol. The first-order valence-corrected chi connectivity index (χ1v) is 44.6. The van der Waals surface area contributed by atoms with Crippen molar-refractivity contribution in [1.29, 1.82) is 0 Å². The van der Waals surface area contributed by atoms with E-state index in [2.05, 4.69) is 34.6 Å². The van der Waals surface area contributed by atoms with Gasteiger partial charge in [-0.15, -0.1) is 0 Å². The third-order valence-corrected chi connectivity index (χ3v) is 20.7. The summed E-state index contributed by atoms with van der Waals surface area (Å²) in [6, 6.07) is 0. The minimum Gasteiger partial charge on any atom is -0.462 e. The van der Waals surface area contributed by atoms with Crippen molar-refractivity contribution in [3.63, 3.8) is 0 Å². The zero-order valence-corrected chi connectivity index (χ0v) is 66.4. The maximum atomic E-state index is 13.1. The molecule has 0 bridgehead atoms. The largest absolute Gasteiger partial charge is 0.472 e. The first-order chi connectivity index (χ1) is 48.0. The molecule has 5 atom stereocenters. The molecular formula is C80H156O17P2. The molecule has 0 aromatic rings. The highest BCUT2D eigenvalue weighted by Crippen LogP contribution is 2.45. The van der Waals surface area contributed by atoms with Crippen LogP contribution in [0.5, 0.6) is 0 Å². The molecule has 0 aliphatic carbocycles. The molecule has 0 amide bonds. The van der Waals surface area contributed by atoms with Crippen molar-refractivity contribution in [2.45, 2.75) is 445 Å². The predicted octanol–water partition coefficient (Wildman–Crippen LogP) is 24.0. The van der Waals surface area contributed by atoms with Gasteiger partial charge in [0.1, 0.15) is 19.3 Å². The topological polar surface area (TPSA) is 237 Å². The summed E-state index contributed by atoms with van der Waals surface area (Å²) in [6.45, 7) is 7.34. The van der Waals surface area contributed by atoms with E-state index in [0.717, 1.165) is 95.8 Å². The van der Waals surface area contributed by atoms with Gasteiger partial charge in [-0.2, -0.15) is 0 Å². The summed E-state index contributed by atoms with van der Waals surface area (Å²) in [5.74, 6) is -1.31. The second-order valence-corrected chi connectivity index (χ2v) is 32.2. The number of hydrogen-bond donors (Lipinski definition) is 3. The molecule has 0 rings (SSSR count). The van der Waals surface area contributed by atoms with Crippen LogP contribution in [0.15, 0.2) is 0 Å². The normalized spacial score (nSPS) is 13.9. The number of esters is 4. The SMILES string of the molecule is CCCCCCCCCCCCCCCCCCCC(=O)OC[C@H](COP(=O)(O)OC[C@@H](O)COP(=O)(O)OC[C@@H](COC(=O)CCCCCCCCCCC)OC(=O)CCCCCCCCCCCCCCCCCC)OC(=O)CCCCCCCCCCCCCCCCC(C)C. The van der Waals surface area contributed by atoms with Gasteiger partial charge in [-0.05, 0) is 31.6 Å². The summed E-state index contributed by atoms with van der Waals surface area (Å²) >= 11 is 0. The van der Waals surface area contributed by atoms with Gasteiger partial charge in [-0.1, -0.05) is 375 Å². The summed E-state index contributed by atoms with van der Waals surface area (Å²) in [4.78, 5) is 73.0. The number of ether oxygens (including phenoxy) is 4. The molecule has 19 heteroatoms. The highest BCUT2D eigenvalue weighted by atomic mass is 31.2. The van der Waals surface area contributed by atoms with Crippen molar-refractivity contribution in [2.75, 3.05) is 39.6 Å². The van der Waals surface area contributed by atoms with Crippen LogP contribution in [-0.4, -0.2) is 96.7 Å². The van der Waals surface area contributed by atoms with Crippen LogP contribution >= 0.6 is 15.6 Å². The number of carbonyl (C=O) groups excluding carboxylic acids is 4. The number of aliphatic hydroxyl groups is 1. The van der Waals surface area contributed by atoms with Crippen LogP contribution in [0.2, 0.25) is 0 Å². The molecule has 0 heterocycles. The molecule has 0 radical (unpaired) electrons. The molecule has 0 aromatic carbocycles. The summed E-state index contributed by atoms with van der Waals surface area (Å²) in [7, 11) is -9.92. The maximum Gasteiger partial charge on any atom is 0.472 e. The van der Waals surface area contributed by atoms with Crippen molar-refractivity contribution in [3.05, 3.63) is 0 Å². The number of carbonyl (C=O) groups is 4. The van der Waals surface area contributed by atoms with Crippen molar-refractivity contribution in [2.24, 2.45) is 5.92 Å². The van der Waals surface area contributed by atoms with Crippen LogP contribution in [0.25, 0.3) is 0 Å². The predicted molar refractivity (Wildman–Crippen MR) is 405 cm³/mol. The lowest BCUT2D eigenvalue weighted by Crippen LogP contribution is -2.30. The van der Waals surface area contributed by atoms with Gasteiger partial charge in [0.25, 0.3) is 0 Å². The van der Waals surface area contributed by atoms with Gasteiger partial charge >= 0.3 is 39.5 Å². The van der Waals surface area contributed by atoms with Gasteiger partial charge in [0, 0.05) is 25.7 Å². The van der Waals surface area contributed by atoms with E-state index < -0.39 is 97.5 Å². The van der Waals surface area contributed by atoms with Gasteiger partial charge in [-0.3, -0.25) is 37.3 Å². The summed E-state index contributed by atoms with van der Waals surface area (Å²) in [5.41, 5.74) is 0. The zero-order valence-electron chi connectivity index (χ0n) is 64.6. The van der Waals surface area contributed by atoms with Gasteiger partial charge in [0.2, 0.25) is 0 Å². The highest BCUT2D eigenvalue weighted by molar-refractivity contribution is 7.47. The molecule has 0 saturated heterocycles. The Morgan fingerprint density at radius 1 is 0.273 bits per heavy atom. The Kier molecular flexibility index (Phi) is 71.6. The van der Waals surface area contributed by atoms with Crippen LogP contribution in [0.3, 0.4) is 0 Å². The maximum absolute atomic E-state index is 13.1. The van der Waals surface area contributed by atoms with E-state index in [-0.39, 0.29) is 25.7 Å². The van der Waals surface area contributed by atoms with Crippen LogP contribution in [0, 0.1) is 5.92 Å². The molecule has 0 fully saturated rings. The molecule has 2 unspecified atom stereocenters. The summed E-state index contributed by atoms with van der Waals surface area (Å²) < 4.78 is 68.7. The lowest BCUT2D eigenvalue weighted by molar-refractivity contribution is -0.161. The fourth-order valence-electron chi connectivity index (χ4n) is 12.4. The van der Waals surface area contributed by atoms with Gasteiger partial charge in [0.15, 0.2) is 12.2 Å². The number of unbranched alkanes of at least 4 members (excludes halogenated alkanes) is 52. The summed E-state index contributed by atoms with van der Waals surface area (Å²) in [6.07, 6.45) is 63.7. The van der Waals surface area contributed by atoms with E-state index >= 15 is 0 Å². The number of hydrogen-bond acceptors (Lipinski definition) is 15. The number of phosphoric ester groups is 2. The van der Waals surface area contributed by atoms with Gasteiger partial charge < -0.3 is 33.8 Å². The van der Waals surface area contributed by atoms with E-state index in [1.165, 1.54) is 250 Å². The fourth-order valence-corrected chi connectivity index (χ4v) is 14.0. The van der Waals surface area contributed by atoms with Crippen LogP contribution in [0.1, 0.15) is 426 Å². The van der Waals surface area contributed by atoms with Crippen molar-refractivity contribution >= 4 is 39.5 Å². The zero-order chi connectivity index (χ0) is 72.7. The Balaban J connectivity index is 5.22. The number of rotatable bonds is 80. The van der Waals surface area contributed by atoms with Gasteiger partial charge in [-0.25, -0.2) is 9.13 Å². The van der Waals surface area contributed by atoms with E-state index in [1.807, 2.05) is 0 Å². The van der Waals surface area contributed by atoms with E-state index in [4.69, 9.17) is 37.0 Å². The van der Waals surface area contributed by atoms with Crippen molar-refractivity contribution < 1.29 is 80.2 Å². The third kappa shape index (κ3) is 74.1. The molecule has 0 spiro atoms. The van der Waals surface area contributed by atoms with E-state index in [9.17, 15) is 43.2 Å². The highest BCUT2D eigenvalue weighted by Gasteiger charge is 2.30. The monoisotopic (exact) mass is 1450 g/mol. The van der Waals surface area contributed by atoms with E-state index in [1.54, 1.807) is 0 Å². The smallest absolute Gasteiger partial charge is 0.462 e. The quantitative estimate of drug-likeness (QED) is 0.0222. The molecule has 0 saturated carbocycles. The van der Waals surface area contributed by atoms with Crippen LogP contribution in [0.4, 0.5) is 0 Å². The Bertz CT molecular complexity index is 1890. The Labute approximate surface area is 607 Å². The minimum absolute atomic E-state index is 0.109. The molecular weight excluding hydrogens is 1290 g/mol. The first-order valence-electron chi connectivity index (χ1n) is 41.6. The van der Waals surface area contributed by atoms with Crippen molar-refractivity contribution in [3.8, 4) is 0 Å². The molecule has 0 aromatic heterocycles. The van der Waals surface area contributed by atoms with E-state index in [0.29, 0.717) is 25.7 Å². The molecule has 0 aliphatic rings. The molecule has 17 nitrogen and oxygen atoms in total. The second kappa shape index (κ2) is 73.0. The van der Waals surface area contributed by atoms with Crippen LogP contribution in [-0.2, 0) is 65.4 Å². The molecule has 3 N–H and O–H groups in total. The first kappa shape index (κ1) is 97.1. The number of aliphatic hydroxyl groups excluding tert-OH is 1. The molecule has 99 heavy (non-hydrogen) atoms. The Hall–Kier alpha value is -1.94. The standard InChI is InChI=1S/C80H156O17P2/c1-6-9-12-15-18-21-23-25-27-29-31-35-39-44-49-54-59-64-78(83)91-70-76(97-80(85)66-61-56-51-46-41-37-33-32-34-38-43-47-52-57-62-73(4)5)72-95-99(88,89)93-68-74(81)67-92-98(86,87)94-71-75(69-90-77(82)63-58-53-48-42-20-17-14-11-8-3)96-79(84)65-60-55-50-45-40-36-30-28-26-24-22-19-16-13-10-7-2/h73-76,81H,6-72H2,1-5H3,(H,86,87)(H,88,89)/t74-,75+,76+/m0/s1. The lowest BCUT2D eigenvalue weighted by atomic mass is 10.0. The van der Waals surface area contributed by atoms with Gasteiger partial charge in [0.05, 0.1) is 26.4 Å². The molecule has 588 valence electrons. The fraction of sp³-hybridized carbons (Fsp3) is 0.950.